The molecule has 1 aromatic carbocycles. The normalized spacial score (nSPS) is 22.2. The van der Waals surface area contributed by atoms with Crippen LogP contribution in [0.5, 0.6) is 0 Å². The van der Waals surface area contributed by atoms with Crippen molar-refractivity contribution >= 4 is 0 Å². The van der Waals surface area contributed by atoms with Crippen LogP contribution in [0.4, 0.5) is 0 Å². The van der Waals surface area contributed by atoms with Crippen molar-refractivity contribution < 1.29 is 5.11 Å². The van der Waals surface area contributed by atoms with Crippen molar-refractivity contribution in [3.05, 3.63) is 34.4 Å². The molecule has 0 spiro atoms. The Hall–Kier alpha value is -0.820. The summed E-state index contributed by atoms with van der Waals surface area (Å²) in [5.74, 6) is 0. The molecule has 1 aliphatic carbocycles. The minimum atomic E-state index is -0.258. The van der Waals surface area contributed by atoms with Crippen molar-refractivity contribution in [2.75, 3.05) is 0 Å². The van der Waals surface area contributed by atoms with Crippen LogP contribution in [0.15, 0.2) is 12.1 Å². The molecule has 1 unspecified atom stereocenters. The first-order valence-electron chi connectivity index (χ1n) is 6.34. The number of hydrogen-bond acceptors (Lipinski definition) is 1. The van der Waals surface area contributed by atoms with E-state index in [4.69, 9.17) is 0 Å². The van der Waals surface area contributed by atoms with Gasteiger partial charge < -0.3 is 5.11 Å². The van der Waals surface area contributed by atoms with Gasteiger partial charge in [-0.3, -0.25) is 0 Å². The van der Waals surface area contributed by atoms with Crippen LogP contribution < -0.4 is 0 Å². The Labute approximate surface area is 98.5 Å². The van der Waals surface area contributed by atoms with Gasteiger partial charge in [-0.05, 0) is 46.9 Å². The number of fused-ring (bicyclic) bond motifs is 1. The molecule has 0 bridgehead atoms. The van der Waals surface area contributed by atoms with Gasteiger partial charge >= 0.3 is 0 Å². The van der Waals surface area contributed by atoms with Crippen molar-refractivity contribution in [2.24, 2.45) is 0 Å². The predicted molar refractivity (Wildman–Crippen MR) is 67.8 cm³/mol. The Morgan fingerprint density at radius 3 is 2.31 bits per heavy atom. The molecule has 1 nitrogen and oxygen atoms in total. The summed E-state index contributed by atoms with van der Waals surface area (Å²) < 4.78 is 0. The Morgan fingerprint density at radius 2 is 1.75 bits per heavy atom. The van der Waals surface area contributed by atoms with Crippen LogP contribution in [0, 0.1) is 0 Å². The maximum atomic E-state index is 10.2. The van der Waals surface area contributed by atoms with E-state index in [0.29, 0.717) is 0 Å². The third-order valence-electron chi connectivity index (χ3n) is 3.90. The zero-order chi connectivity index (χ0) is 11.9. The van der Waals surface area contributed by atoms with Gasteiger partial charge in [0.2, 0.25) is 0 Å². The number of aryl methyl sites for hydroxylation is 2. The third-order valence-corrected chi connectivity index (χ3v) is 3.90. The first kappa shape index (κ1) is 11.7. The van der Waals surface area contributed by atoms with Crippen LogP contribution in [0.25, 0.3) is 0 Å². The van der Waals surface area contributed by atoms with E-state index < -0.39 is 0 Å². The second kappa shape index (κ2) is 3.89. The van der Waals surface area contributed by atoms with Gasteiger partial charge in [-0.15, -0.1) is 0 Å². The second-order valence-corrected chi connectivity index (χ2v) is 5.48. The summed E-state index contributed by atoms with van der Waals surface area (Å²) in [7, 11) is 0. The fourth-order valence-corrected chi connectivity index (χ4v) is 3.18. The molecule has 0 fully saturated rings. The van der Waals surface area contributed by atoms with Crippen LogP contribution in [0.1, 0.15) is 62.5 Å². The van der Waals surface area contributed by atoms with Crippen LogP contribution in [0.3, 0.4) is 0 Å². The number of hydrogen-bond donors (Lipinski definition) is 1. The summed E-state index contributed by atoms with van der Waals surface area (Å²) in [6, 6.07) is 4.44. The molecule has 88 valence electrons. The lowest BCUT2D eigenvalue weighted by atomic mass is 9.82. The lowest BCUT2D eigenvalue weighted by Gasteiger charge is -2.22. The molecule has 0 saturated carbocycles. The van der Waals surface area contributed by atoms with E-state index in [0.717, 1.165) is 19.3 Å². The number of benzene rings is 1. The van der Waals surface area contributed by atoms with Gasteiger partial charge in [0.15, 0.2) is 0 Å². The molecule has 1 atom stereocenters. The lowest BCUT2D eigenvalue weighted by Crippen LogP contribution is -2.15. The summed E-state index contributed by atoms with van der Waals surface area (Å²) in [6.07, 6.45) is 2.68. The van der Waals surface area contributed by atoms with E-state index >= 15 is 0 Å². The van der Waals surface area contributed by atoms with E-state index in [1.807, 2.05) is 0 Å². The third kappa shape index (κ3) is 1.58. The lowest BCUT2D eigenvalue weighted by molar-refractivity contribution is 0.161. The van der Waals surface area contributed by atoms with Crippen molar-refractivity contribution in [2.45, 2.75) is 58.5 Å². The van der Waals surface area contributed by atoms with E-state index in [1.54, 1.807) is 0 Å². The van der Waals surface area contributed by atoms with Gasteiger partial charge in [-0.2, -0.15) is 0 Å². The summed E-state index contributed by atoms with van der Waals surface area (Å²) in [5, 5.41) is 10.2. The highest BCUT2D eigenvalue weighted by atomic mass is 16.3. The fourth-order valence-electron chi connectivity index (χ4n) is 3.18. The fraction of sp³-hybridized carbons (Fsp3) is 0.600. The Bertz CT molecular complexity index is 404. The van der Waals surface area contributed by atoms with Gasteiger partial charge in [-0.1, -0.05) is 39.8 Å². The molecular formula is C15H22O. The van der Waals surface area contributed by atoms with Gasteiger partial charge in [0.25, 0.3) is 0 Å². The molecule has 0 radical (unpaired) electrons. The highest BCUT2D eigenvalue weighted by Gasteiger charge is 2.38. The largest absolute Gasteiger partial charge is 0.388 e. The molecule has 2 rings (SSSR count). The molecule has 0 aliphatic heterocycles. The number of aliphatic hydroxyl groups is 1. The minimum absolute atomic E-state index is 0.130. The summed E-state index contributed by atoms with van der Waals surface area (Å²) in [4.78, 5) is 0. The number of aliphatic hydroxyl groups excluding tert-OH is 1. The molecule has 1 aliphatic rings. The maximum Gasteiger partial charge on any atom is 0.0804 e. The average molecular weight is 218 g/mol. The van der Waals surface area contributed by atoms with Crippen molar-refractivity contribution in [3.63, 3.8) is 0 Å². The molecule has 1 heteroatoms. The molecule has 0 amide bonds. The smallest absolute Gasteiger partial charge is 0.0804 e. The van der Waals surface area contributed by atoms with Crippen molar-refractivity contribution in [3.8, 4) is 0 Å². The number of rotatable bonds is 2. The van der Waals surface area contributed by atoms with Crippen molar-refractivity contribution in [1.82, 2.24) is 0 Å². The van der Waals surface area contributed by atoms with Gasteiger partial charge in [-0.25, -0.2) is 0 Å². The molecule has 16 heavy (non-hydrogen) atoms. The maximum absolute atomic E-state index is 10.2. The SMILES string of the molecule is CCc1ccc(CC)c2c1C(O)CC2(C)C. The second-order valence-electron chi connectivity index (χ2n) is 5.48. The van der Waals surface area contributed by atoms with Crippen LogP contribution >= 0.6 is 0 Å². The summed E-state index contributed by atoms with van der Waals surface area (Å²) in [5.41, 5.74) is 5.51. The van der Waals surface area contributed by atoms with E-state index in [2.05, 4.69) is 39.8 Å². The van der Waals surface area contributed by atoms with Crippen LogP contribution in [-0.4, -0.2) is 5.11 Å². The van der Waals surface area contributed by atoms with Gasteiger partial charge in [0, 0.05) is 0 Å². The van der Waals surface area contributed by atoms with Crippen LogP contribution in [-0.2, 0) is 18.3 Å². The van der Waals surface area contributed by atoms with Gasteiger partial charge in [0.05, 0.1) is 6.10 Å². The molecule has 0 saturated heterocycles. The van der Waals surface area contributed by atoms with E-state index in [-0.39, 0.29) is 11.5 Å². The Balaban J connectivity index is 2.69. The van der Waals surface area contributed by atoms with Gasteiger partial charge in [0.1, 0.15) is 0 Å². The molecule has 1 aromatic rings. The summed E-state index contributed by atoms with van der Waals surface area (Å²) >= 11 is 0. The predicted octanol–water partition coefficient (Wildman–Crippen LogP) is 3.53. The van der Waals surface area contributed by atoms with Crippen molar-refractivity contribution in [1.29, 1.82) is 0 Å². The highest BCUT2D eigenvalue weighted by Crippen LogP contribution is 2.47. The zero-order valence-electron chi connectivity index (χ0n) is 10.8. The first-order chi connectivity index (χ1) is 7.51. The standard InChI is InChI=1S/C15H22O/c1-5-10-7-8-11(6-2)14-13(10)12(16)9-15(14,3)4/h7-8,12,16H,5-6,9H2,1-4H3. The summed E-state index contributed by atoms with van der Waals surface area (Å²) in [6.45, 7) is 8.86. The molecular weight excluding hydrogens is 196 g/mol. The highest BCUT2D eigenvalue weighted by molar-refractivity contribution is 5.50. The molecule has 1 N–H and O–H groups in total. The minimum Gasteiger partial charge on any atom is -0.388 e. The van der Waals surface area contributed by atoms with E-state index in [9.17, 15) is 5.11 Å². The quantitative estimate of drug-likeness (QED) is 0.805. The molecule has 0 heterocycles. The Kier molecular flexibility index (Phi) is 2.83. The Morgan fingerprint density at radius 1 is 1.19 bits per heavy atom. The van der Waals surface area contributed by atoms with E-state index in [1.165, 1.54) is 22.3 Å². The average Bonchev–Trinajstić information content (AvgIpc) is 2.49. The van der Waals surface area contributed by atoms with Crippen LogP contribution in [0.2, 0.25) is 0 Å². The first-order valence-corrected chi connectivity index (χ1v) is 6.34. The molecule has 0 aromatic heterocycles. The zero-order valence-corrected chi connectivity index (χ0v) is 10.8. The monoisotopic (exact) mass is 218 g/mol. The topological polar surface area (TPSA) is 20.2 Å².